The summed E-state index contributed by atoms with van der Waals surface area (Å²) in [6.07, 6.45) is -4.71. The predicted molar refractivity (Wildman–Crippen MR) is 83.3 cm³/mol. The Morgan fingerprint density at radius 2 is 1.92 bits per heavy atom. The van der Waals surface area contributed by atoms with Crippen molar-refractivity contribution in [1.29, 1.82) is 0 Å². The summed E-state index contributed by atoms with van der Waals surface area (Å²) in [6, 6.07) is 8.20. The normalized spacial score (nSPS) is 12.4. The van der Waals surface area contributed by atoms with Crippen LogP contribution in [0.5, 0.6) is 17.2 Å². The highest BCUT2D eigenvalue weighted by atomic mass is 19.4. The van der Waals surface area contributed by atoms with Gasteiger partial charge in [-0.15, -0.1) is 13.2 Å². The molecule has 136 valence electrons. The maximum Gasteiger partial charge on any atom is 0.573 e. The number of nitrogens with zero attached hydrogens (tertiary/aromatic N) is 1. The molecule has 10 heteroatoms. The van der Waals surface area contributed by atoms with Gasteiger partial charge in [-0.1, -0.05) is 6.07 Å². The first kappa shape index (κ1) is 17.4. The van der Waals surface area contributed by atoms with Crippen LogP contribution in [0, 0.1) is 0 Å². The summed E-state index contributed by atoms with van der Waals surface area (Å²) < 4.78 is 51.0. The van der Waals surface area contributed by atoms with Gasteiger partial charge in [-0.3, -0.25) is 4.79 Å². The van der Waals surface area contributed by atoms with E-state index >= 15 is 0 Å². The van der Waals surface area contributed by atoms with Crippen molar-refractivity contribution in [2.75, 3.05) is 17.0 Å². The van der Waals surface area contributed by atoms with Crippen molar-refractivity contribution in [3.63, 3.8) is 0 Å². The molecule has 0 fully saturated rings. The second-order valence-corrected chi connectivity index (χ2v) is 5.02. The van der Waals surface area contributed by atoms with E-state index in [0.717, 1.165) is 12.1 Å². The molecule has 0 saturated heterocycles. The van der Waals surface area contributed by atoms with Crippen LogP contribution in [-0.4, -0.2) is 25.6 Å². The zero-order valence-corrected chi connectivity index (χ0v) is 12.9. The van der Waals surface area contributed by atoms with Crippen LogP contribution in [0.25, 0.3) is 0 Å². The fourth-order valence-corrected chi connectivity index (χ4v) is 2.21. The van der Waals surface area contributed by atoms with Gasteiger partial charge in [-0.2, -0.15) is 0 Å². The topological polar surface area (TPSA) is 77.1 Å². The van der Waals surface area contributed by atoms with Gasteiger partial charge in [0.25, 0.3) is 0 Å². The van der Waals surface area contributed by atoms with Gasteiger partial charge < -0.3 is 19.5 Å². The Morgan fingerprint density at radius 3 is 2.65 bits per heavy atom. The summed E-state index contributed by atoms with van der Waals surface area (Å²) in [5, 5.41) is 2.45. The molecule has 1 heterocycles. The monoisotopic (exact) mass is 368 g/mol. The number of carbonyl (C=O) groups is 2. The first-order chi connectivity index (χ1) is 12.4. The highest BCUT2D eigenvalue weighted by molar-refractivity contribution is 6.12. The van der Waals surface area contributed by atoms with Gasteiger partial charge >= 0.3 is 12.4 Å². The SMILES string of the molecule is O=CN(C(=O)Nc1ccc2c(c1)OCO2)c1cccc(OC(F)(F)F)c1. The first-order valence-corrected chi connectivity index (χ1v) is 7.17. The Balaban J connectivity index is 1.77. The molecule has 0 radical (unpaired) electrons. The average Bonchev–Trinajstić information content (AvgIpc) is 3.02. The van der Waals surface area contributed by atoms with E-state index in [1.165, 1.54) is 24.3 Å². The van der Waals surface area contributed by atoms with Gasteiger partial charge in [0.15, 0.2) is 11.5 Å². The third-order valence-electron chi connectivity index (χ3n) is 3.28. The Hall–Kier alpha value is -3.43. The van der Waals surface area contributed by atoms with Crippen molar-refractivity contribution < 1.29 is 37.0 Å². The van der Waals surface area contributed by atoms with Crippen LogP contribution in [0.15, 0.2) is 42.5 Å². The number of amides is 3. The maximum absolute atomic E-state index is 12.3. The number of alkyl halides is 3. The van der Waals surface area contributed by atoms with Gasteiger partial charge in [-0.05, 0) is 24.3 Å². The molecular formula is C16H11F3N2O5. The zero-order valence-electron chi connectivity index (χ0n) is 12.9. The number of nitrogens with one attached hydrogen (secondary N) is 1. The molecule has 0 aliphatic carbocycles. The third-order valence-corrected chi connectivity index (χ3v) is 3.28. The summed E-state index contributed by atoms with van der Waals surface area (Å²) in [5.41, 5.74) is 0.216. The van der Waals surface area contributed by atoms with Crippen molar-refractivity contribution in [3.05, 3.63) is 42.5 Å². The highest BCUT2D eigenvalue weighted by Crippen LogP contribution is 2.34. The summed E-state index contributed by atoms with van der Waals surface area (Å²) in [5.74, 6) is 0.367. The van der Waals surface area contributed by atoms with Crippen molar-refractivity contribution in [2.45, 2.75) is 6.36 Å². The lowest BCUT2D eigenvalue weighted by Crippen LogP contribution is -2.33. The lowest BCUT2D eigenvalue weighted by molar-refractivity contribution is -0.274. The number of halogens is 3. The van der Waals surface area contributed by atoms with E-state index in [1.807, 2.05) is 0 Å². The zero-order chi connectivity index (χ0) is 18.7. The molecule has 2 aromatic rings. The molecule has 7 nitrogen and oxygen atoms in total. The molecule has 2 aromatic carbocycles. The molecule has 1 aliphatic heterocycles. The Kier molecular flexibility index (Phi) is 4.57. The van der Waals surface area contributed by atoms with E-state index < -0.39 is 18.1 Å². The standard InChI is InChI=1S/C16H11F3N2O5/c17-16(18,19)26-12-3-1-2-11(7-12)21(8-22)15(23)20-10-4-5-13-14(6-10)25-9-24-13/h1-8H,9H2,(H,20,23). The molecule has 0 unspecified atom stereocenters. The number of ether oxygens (including phenoxy) is 3. The van der Waals surface area contributed by atoms with Crippen LogP contribution in [0.3, 0.4) is 0 Å². The van der Waals surface area contributed by atoms with E-state index in [9.17, 15) is 22.8 Å². The largest absolute Gasteiger partial charge is 0.573 e. The second kappa shape index (κ2) is 6.82. The van der Waals surface area contributed by atoms with Crippen molar-refractivity contribution in [1.82, 2.24) is 0 Å². The fourth-order valence-electron chi connectivity index (χ4n) is 2.21. The van der Waals surface area contributed by atoms with Gasteiger partial charge in [-0.25, -0.2) is 9.69 Å². The van der Waals surface area contributed by atoms with Crippen LogP contribution >= 0.6 is 0 Å². The van der Waals surface area contributed by atoms with E-state index in [2.05, 4.69) is 10.1 Å². The number of hydrogen-bond donors (Lipinski definition) is 1. The van der Waals surface area contributed by atoms with Crippen LogP contribution in [-0.2, 0) is 4.79 Å². The molecule has 0 atom stereocenters. The number of hydrogen-bond acceptors (Lipinski definition) is 5. The van der Waals surface area contributed by atoms with Crippen LogP contribution in [0.2, 0.25) is 0 Å². The Bertz CT molecular complexity index is 841. The number of urea groups is 1. The van der Waals surface area contributed by atoms with Crippen molar-refractivity contribution >= 4 is 23.8 Å². The molecule has 0 aromatic heterocycles. The second-order valence-electron chi connectivity index (χ2n) is 5.02. The molecule has 0 saturated carbocycles. The number of carbonyl (C=O) groups excluding carboxylic acids is 2. The predicted octanol–water partition coefficient (Wildman–Crippen LogP) is 3.51. The van der Waals surface area contributed by atoms with E-state index in [1.54, 1.807) is 6.07 Å². The quantitative estimate of drug-likeness (QED) is 0.836. The van der Waals surface area contributed by atoms with Crippen LogP contribution in [0.4, 0.5) is 29.3 Å². The van der Waals surface area contributed by atoms with Gasteiger partial charge in [0.05, 0.1) is 5.69 Å². The molecule has 0 bridgehead atoms. The van der Waals surface area contributed by atoms with E-state index in [4.69, 9.17) is 9.47 Å². The molecule has 0 spiro atoms. The third kappa shape index (κ3) is 3.97. The lowest BCUT2D eigenvalue weighted by Gasteiger charge is -2.18. The molecule has 3 amide bonds. The van der Waals surface area contributed by atoms with E-state index in [-0.39, 0.29) is 18.9 Å². The van der Waals surface area contributed by atoms with E-state index in [0.29, 0.717) is 22.1 Å². The summed E-state index contributed by atoms with van der Waals surface area (Å²) in [6.45, 7) is 0.0548. The summed E-state index contributed by atoms with van der Waals surface area (Å²) in [4.78, 5) is 24.2. The minimum absolute atomic E-state index is 0.0548. The molecule has 26 heavy (non-hydrogen) atoms. The smallest absolute Gasteiger partial charge is 0.454 e. The number of rotatable bonds is 4. The van der Waals surface area contributed by atoms with Crippen molar-refractivity contribution in [3.8, 4) is 17.2 Å². The minimum Gasteiger partial charge on any atom is -0.454 e. The van der Waals surface area contributed by atoms with Crippen molar-refractivity contribution in [2.24, 2.45) is 0 Å². The number of imide groups is 1. The van der Waals surface area contributed by atoms with Gasteiger partial charge in [0.2, 0.25) is 13.2 Å². The van der Waals surface area contributed by atoms with Gasteiger partial charge in [0, 0.05) is 17.8 Å². The van der Waals surface area contributed by atoms with Gasteiger partial charge in [0.1, 0.15) is 5.75 Å². The Labute approximate surface area is 144 Å². The lowest BCUT2D eigenvalue weighted by atomic mass is 10.2. The summed E-state index contributed by atoms with van der Waals surface area (Å²) >= 11 is 0. The fraction of sp³-hybridized carbons (Fsp3) is 0.125. The van der Waals surface area contributed by atoms with Crippen LogP contribution < -0.4 is 24.4 Å². The molecule has 1 N–H and O–H groups in total. The minimum atomic E-state index is -4.89. The molecule has 1 aliphatic rings. The maximum atomic E-state index is 12.3. The number of anilines is 2. The molecule has 3 rings (SSSR count). The summed E-state index contributed by atoms with van der Waals surface area (Å²) in [7, 11) is 0. The highest BCUT2D eigenvalue weighted by Gasteiger charge is 2.31. The van der Waals surface area contributed by atoms with Crippen LogP contribution in [0.1, 0.15) is 0 Å². The number of benzene rings is 2. The average molecular weight is 368 g/mol. The molecular weight excluding hydrogens is 357 g/mol. The number of fused-ring (bicyclic) bond motifs is 1. The Morgan fingerprint density at radius 1 is 1.15 bits per heavy atom. The first-order valence-electron chi connectivity index (χ1n) is 7.17.